The second-order valence-corrected chi connectivity index (χ2v) is 6.85. The zero-order valence-electron chi connectivity index (χ0n) is 15.3. The van der Waals surface area contributed by atoms with Gasteiger partial charge in [0, 0.05) is 23.2 Å². The third-order valence-electron chi connectivity index (χ3n) is 4.92. The molecule has 1 aliphatic rings. The number of likely N-dealkylation sites (tertiary alicyclic amines) is 1. The van der Waals surface area contributed by atoms with Crippen LogP contribution in [0.1, 0.15) is 34.8 Å². The summed E-state index contributed by atoms with van der Waals surface area (Å²) in [7, 11) is 0. The molecule has 136 valence electrons. The van der Waals surface area contributed by atoms with Gasteiger partial charge in [-0.1, -0.05) is 24.1 Å². The van der Waals surface area contributed by atoms with Gasteiger partial charge in [0.15, 0.2) is 0 Å². The Bertz CT molecular complexity index is 1010. The van der Waals surface area contributed by atoms with Gasteiger partial charge in [-0.05, 0) is 50.9 Å². The average Bonchev–Trinajstić information content (AvgIpc) is 3.22. The third-order valence-corrected chi connectivity index (χ3v) is 4.92. The molecule has 0 spiro atoms. The monoisotopic (exact) mass is 359 g/mol. The molecule has 6 heteroatoms. The molecular weight excluding hydrogens is 338 g/mol. The number of carbonyl (C=O) groups is 1. The predicted molar refractivity (Wildman–Crippen MR) is 103 cm³/mol. The SMILES string of the molecule is Cc1nc(CN2CCC(C#CC(=O)c3cc[nH]n3)CC2)nc2ccccc12. The summed E-state index contributed by atoms with van der Waals surface area (Å²) in [5.41, 5.74) is 2.40. The summed E-state index contributed by atoms with van der Waals surface area (Å²) in [6.45, 7) is 4.65. The number of aryl methyl sites for hydroxylation is 1. The molecule has 1 aromatic carbocycles. The number of nitrogens with zero attached hydrogens (tertiary/aromatic N) is 4. The summed E-state index contributed by atoms with van der Waals surface area (Å²) < 4.78 is 0. The highest BCUT2D eigenvalue weighted by Gasteiger charge is 2.19. The van der Waals surface area contributed by atoms with E-state index in [4.69, 9.17) is 4.98 Å². The van der Waals surface area contributed by atoms with E-state index in [9.17, 15) is 4.79 Å². The van der Waals surface area contributed by atoms with Crippen molar-refractivity contribution in [3.63, 3.8) is 0 Å². The highest BCUT2D eigenvalue weighted by atomic mass is 16.1. The second-order valence-electron chi connectivity index (χ2n) is 6.85. The number of hydrogen-bond acceptors (Lipinski definition) is 5. The minimum absolute atomic E-state index is 0.223. The van der Waals surface area contributed by atoms with Crippen molar-refractivity contribution in [2.75, 3.05) is 13.1 Å². The molecule has 1 aliphatic heterocycles. The topological polar surface area (TPSA) is 74.8 Å². The van der Waals surface area contributed by atoms with E-state index < -0.39 is 0 Å². The smallest absolute Gasteiger partial charge is 0.256 e. The van der Waals surface area contributed by atoms with Gasteiger partial charge >= 0.3 is 0 Å². The molecule has 6 nitrogen and oxygen atoms in total. The van der Waals surface area contributed by atoms with Crippen molar-refractivity contribution in [3.05, 3.63) is 53.7 Å². The van der Waals surface area contributed by atoms with E-state index in [-0.39, 0.29) is 11.7 Å². The van der Waals surface area contributed by atoms with Gasteiger partial charge in [-0.25, -0.2) is 9.97 Å². The predicted octanol–water partition coefficient (Wildman–Crippen LogP) is 2.76. The number of hydrogen-bond donors (Lipinski definition) is 1. The molecule has 1 fully saturated rings. The standard InChI is InChI=1S/C21H21N5O/c1-15-17-4-2-3-5-18(17)24-21(23-15)14-26-12-9-16(10-13-26)6-7-20(27)19-8-11-22-25-19/h2-5,8,11,16H,9-10,12-14H2,1H3,(H,22,25). The first kappa shape index (κ1) is 17.4. The fourth-order valence-electron chi connectivity index (χ4n) is 3.42. The van der Waals surface area contributed by atoms with Gasteiger partial charge in [-0.2, -0.15) is 5.10 Å². The van der Waals surface area contributed by atoms with Crippen molar-refractivity contribution in [1.29, 1.82) is 0 Å². The zero-order valence-corrected chi connectivity index (χ0v) is 15.3. The lowest BCUT2D eigenvalue weighted by Gasteiger charge is -2.29. The quantitative estimate of drug-likeness (QED) is 0.442. The third kappa shape index (κ3) is 4.04. The number of H-pyrrole nitrogens is 1. The molecule has 2 aromatic heterocycles. The van der Waals surface area contributed by atoms with Crippen LogP contribution in [0, 0.1) is 24.7 Å². The van der Waals surface area contributed by atoms with Crippen LogP contribution < -0.4 is 0 Å². The van der Waals surface area contributed by atoms with Crippen molar-refractivity contribution >= 4 is 16.7 Å². The van der Waals surface area contributed by atoms with Gasteiger partial charge in [0.25, 0.3) is 5.78 Å². The first-order chi connectivity index (χ1) is 13.2. The van der Waals surface area contributed by atoms with Gasteiger partial charge in [0.2, 0.25) is 0 Å². The zero-order chi connectivity index (χ0) is 18.6. The molecule has 1 saturated heterocycles. The normalized spacial score (nSPS) is 15.4. The lowest BCUT2D eigenvalue weighted by molar-refractivity contribution is 0.105. The van der Waals surface area contributed by atoms with Crippen LogP contribution in [0.3, 0.4) is 0 Å². The highest BCUT2D eigenvalue weighted by Crippen LogP contribution is 2.19. The Labute approximate surface area is 158 Å². The summed E-state index contributed by atoms with van der Waals surface area (Å²) in [6, 6.07) is 9.76. The van der Waals surface area contributed by atoms with Gasteiger partial charge in [0.1, 0.15) is 11.5 Å². The number of Topliss-reactive ketones (excluding diaryl/α,β-unsaturated/α-hetero) is 1. The number of ketones is 1. The second kappa shape index (κ2) is 7.68. The molecule has 0 aliphatic carbocycles. The van der Waals surface area contributed by atoms with Crippen LogP contribution in [-0.2, 0) is 6.54 Å². The maximum atomic E-state index is 11.9. The Balaban J connectivity index is 1.35. The maximum absolute atomic E-state index is 11.9. The molecule has 27 heavy (non-hydrogen) atoms. The number of piperidine rings is 1. The number of fused-ring (bicyclic) bond motifs is 1. The van der Waals surface area contributed by atoms with E-state index >= 15 is 0 Å². The maximum Gasteiger partial charge on any atom is 0.256 e. The molecule has 1 N–H and O–H groups in total. The molecule has 0 atom stereocenters. The molecule has 0 unspecified atom stereocenters. The van der Waals surface area contributed by atoms with E-state index in [2.05, 4.69) is 38.0 Å². The molecule has 0 bridgehead atoms. The summed E-state index contributed by atoms with van der Waals surface area (Å²) in [4.78, 5) is 23.6. The number of rotatable bonds is 3. The van der Waals surface area contributed by atoms with Crippen molar-refractivity contribution in [3.8, 4) is 11.8 Å². The molecule has 3 aromatic rings. The first-order valence-electron chi connectivity index (χ1n) is 9.19. The van der Waals surface area contributed by atoms with E-state index in [1.54, 1.807) is 12.3 Å². The molecule has 0 saturated carbocycles. The van der Waals surface area contributed by atoms with E-state index in [0.717, 1.165) is 54.9 Å². The minimum atomic E-state index is -0.223. The van der Waals surface area contributed by atoms with E-state index in [1.807, 2.05) is 25.1 Å². The number of carbonyl (C=O) groups excluding carboxylic acids is 1. The van der Waals surface area contributed by atoms with Crippen LogP contribution in [0.2, 0.25) is 0 Å². The van der Waals surface area contributed by atoms with Gasteiger partial charge < -0.3 is 0 Å². The van der Waals surface area contributed by atoms with Crippen molar-refractivity contribution in [1.82, 2.24) is 25.1 Å². The Morgan fingerprint density at radius 2 is 2.04 bits per heavy atom. The van der Waals surface area contributed by atoms with Crippen LogP contribution in [0.25, 0.3) is 10.9 Å². The van der Waals surface area contributed by atoms with Crippen LogP contribution in [-0.4, -0.2) is 43.9 Å². The van der Waals surface area contributed by atoms with Crippen LogP contribution in [0.15, 0.2) is 36.5 Å². The van der Waals surface area contributed by atoms with Crippen LogP contribution >= 0.6 is 0 Å². The van der Waals surface area contributed by atoms with Crippen molar-refractivity contribution < 1.29 is 4.79 Å². The highest BCUT2D eigenvalue weighted by molar-refractivity contribution is 6.07. The Morgan fingerprint density at radius 3 is 2.81 bits per heavy atom. The van der Waals surface area contributed by atoms with Crippen LogP contribution in [0.5, 0.6) is 0 Å². The Kier molecular flexibility index (Phi) is 4.95. The molecule has 0 radical (unpaired) electrons. The van der Waals surface area contributed by atoms with E-state index in [1.165, 1.54) is 0 Å². The largest absolute Gasteiger partial charge is 0.296 e. The fraction of sp³-hybridized carbons (Fsp3) is 0.333. The number of aromatic nitrogens is 4. The number of aromatic amines is 1. The summed E-state index contributed by atoms with van der Waals surface area (Å²) in [5, 5.41) is 7.61. The summed E-state index contributed by atoms with van der Waals surface area (Å²) >= 11 is 0. The number of nitrogens with one attached hydrogen (secondary N) is 1. The summed E-state index contributed by atoms with van der Waals surface area (Å²) in [5.74, 6) is 6.74. The molecule has 0 amide bonds. The average molecular weight is 359 g/mol. The van der Waals surface area contributed by atoms with Gasteiger partial charge in [0.05, 0.1) is 12.1 Å². The Hall–Kier alpha value is -3.04. The minimum Gasteiger partial charge on any atom is -0.296 e. The first-order valence-corrected chi connectivity index (χ1v) is 9.19. The molecule has 3 heterocycles. The number of benzene rings is 1. The molecular formula is C21H21N5O. The summed E-state index contributed by atoms with van der Waals surface area (Å²) in [6.07, 6.45) is 3.53. The van der Waals surface area contributed by atoms with Crippen LogP contribution in [0.4, 0.5) is 0 Å². The molecule has 4 rings (SSSR count). The van der Waals surface area contributed by atoms with Crippen molar-refractivity contribution in [2.24, 2.45) is 5.92 Å². The van der Waals surface area contributed by atoms with Crippen molar-refractivity contribution in [2.45, 2.75) is 26.3 Å². The fourth-order valence-corrected chi connectivity index (χ4v) is 3.42. The lowest BCUT2D eigenvalue weighted by atomic mass is 9.97. The lowest BCUT2D eigenvalue weighted by Crippen LogP contribution is -2.33. The van der Waals surface area contributed by atoms with Gasteiger partial charge in [-0.15, -0.1) is 0 Å². The van der Waals surface area contributed by atoms with Gasteiger partial charge in [-0.3, -0.25) is 14.8 Å². The number of para-hydroxylation sites is 1. The van der Waals surface area contributed by atoms with E-state index in [0.29, 0.717) is 5.69 Å². The Morgan fingerprint density at radius 1 is 1.22 bits per heavy atom.